The third-order valence-corrected chi connectivity index (χ3v) is 5.17. The minimum Gasteiger partial charge on any atom is -0.497 e. The molecule has 138 valence electrons. The van der Waals surface area contributed by atoms with Crippen molar-refractivity contribution in [2.45, 2.75) is 18.6 Å². The van der Waals surface area contributed by atoms with Gasteiger partial charge in [-0.3, -0.25) is 4.79 Å². The number of methoxy groups -OCH3 is 1. The molecule has 0 N–H and O–H groups in total. The van der Waals surface area contributed by atoms with Crippen LogP contribution in [0.1, 0.15) is 16.9 Å². The highest BCUT2D eigenvalue weighted by atomic mass is 16.5. The van der Waals surface area contributed by atoms with E-state index in [1.165, 1.54) is 6.39 Å². The first-order valence-corrected chi connectivity index (χ1v) is 8.86. The van der Waals surface area contributed by atoms with Gasteiger partial charge in [-0.25, -0.2) is 4.98 Å². The van der Waals surface area contributed by atoms with Gasteiger partial charge in [0.1, 0.15) is 5.75 Å². The minimum atomic E-state index is -0.0989. The summed E-state index contributed by atoms with van der Waals surface area (Å²) in [7, 11) is 3.70. The number of benzene rings is 1. The second kappa shape index (κ2) is 7.09. The number of rotatable bonds is 3. The first-order valence-electron chi connectivity index (χ1n) is 8.86. The van der Waals surface area contributed by atoms with E-state index in [0.29, 0.717) is 24.6 Å². The molecule has 2 fully saturated rings. The predicted molar refractivity (Wildman–Crippen MR) is 95.2 cm³/mol. The van der Waals surface area contributed by atoms with Crippen molar-refractivity contribution in [3.05, 3.63) is 36.4 Å². The van der Waals surface area contributed by atoms with Crippen LogP contribution in [0.15, 0.2) is 35.1 Å². The fourth-order valence-corrected chi connectivity index (χ4v) is 3.76. The molecule has 1 amide bonds. The zero-order valence-electron chi connectivity index (χ0n) is 15.1. The maximum atomic E-state index is 13.2. The number of carbonyl (C=O) groups is 1. The molecule has 7 heteroatoms. The summed E-state index contributed by atoms with van der Waals surface area (Å²) in [5.74, 6) is 1.14. The highest BCUT2D eigenvalue weighted by molar-refractivity contribution is 5.98. The molecule has 0 spiro atoms. The molecule has 0 aliphatic carbocycles. The number of likely N-dealkylation sites (tertiary alicyclic amines) is 1. The Balaban J connectivity index is 1.61. The highest BCUT2D eigenvalue weighted by Crippen LogP contribution is 2.29. The molecule has 1 aromatic heterocycles. The molecule has 0 radical (unpaired) electrons. The standard InChI is InChI=1S/C19H23N3O4/c1-21-8-7-16-15(11-21)22(9-10-25-16)19(23)17-18(26-12-20-17)13-3-5-14(24-2)6-4-13/h3-6,12,15-16H,7-11H2,1-2H3. The van der Waals surface area contributed by atoms with Gasteiger partial charge in [0.25, 0.3) is 5.91 Å². The highest BCUT2D eigenvalue weighted by Gasteiger charge is 2.40. The monoisotopic (exact) mass is 357 g/mol. The molecule has 4 rings (SSSR count). The number of fused-ring (bicyclic) bond motifs is 1. The van der Waals surface area contributed by atoms with Gasteiger partial charge in [-0.15, -0.1) is 0 Å². The van der Waals surface area contributed by atoms with Crippen LogP contribution in [0.2, 0.25) is 0 Å². The lowest BCUT2D eigenvalue weighted by Gasteiger charge is -2.46. The van der Waals surface area contributed by atoms with Crippen LogP contribution >= 0.6 is 0 Å². The van der Waals surface area contributed by atoms with Crippen molar-refractivity contribution in [2.75, 3.05) is 40.4 Å². The van der Waals surface area contributed by atoms with E-state index >= 15 is 0 Å². The number of carbonyl (C=O) groups excluding carboxylic acids is 1. The third kappa shape index (κ3) is 3.08. The number of amides is 1. The quantitative estimate of drug-likeness (QED) is 0.836. The van der Waals surface area contributed by atoms with Gasteiger partial charge >= 0.3 is 0 Å². The van der Waals surface area contributed by atoms with Crippen molar-refractivity contribution < 1.29 is 18.7 Å². The summed E-state index contributed by atoms with van der Waals surface area (Å²) in [6.07, 6.45) is 2.37. The van der Waals surface area contributed by atoms with Crippen LogP contribution in [0.4, 0.5) is 0 Å². The summed E-state index contributed by atoms with van der Waals surface area (Å²) in [5.41, 5.74) is 1.15. The summed E-state index contributed by atoms with van der Waals surface area (Å²) in [4.78, 5) is 21.6. The van der Waals surface area contributed by atoms with Gasteiger partial charge in [0.2, 0.25) is 0 Å². The van der Waals surface area contributed by atoms with Crippen LogP contribution in [0.25, 0.3) is 11.3 Å². The average molecular weight is 357 g/mol. The molecule has 0 bridgehead atoms. The Morgan fingerprint density at radius 2 is 2.08 bits per heavy atom. The second-order valence-electron chi connectivity index (χ2n) is 6.78. The molecule has 0 saturated carbocycles. The maximum Gasteiger partial charge on any atom is 0.276 e. The molecule has 7 nitrogen and oxygen atoms in total. The Bertz CT molecular complexity index is 773. The largest absolute Gasteiger partial charge is 0.497 e. The second-order valence-corrected chi connectivity index (χ2v) is 6.78. The van der Waals surface area contributed by atoms with Gasteiger partial charge in [0.05, 0.1) is 25.9 Å². The van der Waals surface area contributed by atoms with Gasteiger partial charge in [0.15, 0.2) is 17.8 Å². The summed E-state index contributed by atoms with van der Waals surface area (Å²) < 4.78 is 16.6. The zero-order valence-corrected chi connectivity index (χ0v) is 15.1. The van der Waals surface area contributed by atoms with E-state index in [9.17, 15) is 4.79 Å². The molecule has 2 atom stereocenters. The fourth-order valence-electron chi connectivity index (χ4n) is 3.76. The van der Waals surface area contributed by atoms with E-state index in [1.807, 2.05) is 29.2 Å². The molecule has 2 saturated heterocycles. The molecular formula is C19H23N3O4. The van der Waals surface area contributed by atoms with E-state index < -0.39 is 0 Å². The summed E-state index contributed by atoms with van der Waals surface area (Å²) >= 11 is 0. The lowest BCUT2D eigenvalue weighted by Crippen LogP contribution is -2.60. The molecule has 2 aliphatic heterocycles. The zero-order chi connectivity index (χ0) is 18.1. The van der Waals surface area contributed by atoms with Crippen LogP contribution in [0.3, 0.4) is 0 Å². The van der Waals surface area contributed by atoms with Crippen LogP contribution in [0.5, 0.6) is 5.75 Å². The lowest BCUT2D eigenvalue weighted by molar-refractivity contribution is -0.0870. The average Bonchev–Trinajstić information content (AvgIpc) is 3.17. The van der Waals surface area contributed by atoms with Crippen molar-refractivity contribution in [1.82, 2.24) is 14.8 Å². The number of piperidine rings is 1. The normalized spacial score (nSPS) is 23.5. The lowest BCUT2D eigenvalue weighted by atomic mass is 9.98. The van der Waals surface area contributed by atoms with Crippen molar-refractivity contribution in [1.29, 1.82) is 0 Å². The number of likely N-dealkylation sites (N-methyl/N-ethyl adjacent to an activating group) is 1. The predicted octanol–water partition coefficient (Wildman–Crippen LogP) is 1.90. The Kier molecular flexibility index (Phi) is 4.65. The van der Waals surface area contributed by atoms with Gasteiger partial charge in [0, 0.05) is 25.2 Å². The number of aromatic nitrogens is 1. The van der Waals surface area contributed by atoms with Crippen LogP contribution in [0, 0.1) is 0 Å². The van der Waals surface area contributed by atoms with E-state index in [-0.39, 0.29) is 18.1 Å². The number of hydrogen-bond donors (Lipinski definition) is 0. The summed E-state index contributed by atoms with van der Waals surface area (Å²) in [6, 6.07) is 7.47. The van der Waals surface area contributed by atoms with E-state index in [0.717, 1.165) is 30.8 Å². The Morgan fingerprint density at radius 3 is 2.85 bits per heavy atom. The fraction of sp³-hybridized carbons (Fsp3) is 0.474. The smallest absolute Gasteiger partial charge is 0.276 e. The molecule has 1 aromatic carbocycles. The number of morpholine rings is 1. The van der Waals surface area contributed by atoms with Crippen LogP contribution in [-0.2, 0) is 4.74 Å². The van der Waals surface area contributed by atoms with Crippen LogP contribution < -0.4 is 4.74 Å². The summed E-state index contributed by atoms with van der Waals surface area (Å²) in [5, 5.41) is 0. The van der Waals surface area contributed by atoms with Gasteiger partial charge in [-0.05, 0) is 37.7 Å². The minimum absolute atomic E-state index is 0.0513. The molecule has 2 aliphatic rings. The third-order valence-electron chi connectivity index (χ3n) is 5.17. The van der Waals surface area contributed by atoms with E-state index in [2.05, 4.69) is 16.9 Å². The van der Waals surface area contributed by atoms with Crippen molar-refractivity contribution >= 4 is 5.91 Å². The topological polar surface area (TPSA) is 68.0 Å². The van der Waals surface area contributed by atoms with Gasteiger partial charge in [-0.1, -0.05) is 0 Å². The first kappa shape index (κ1) is 17.1. The number of hydrogen-bond acceptors (Lipinski definition) is 6. The summed E-state index contributed by atoms with van der Waals surface area (Å²) in [6.45, 7) is 2.94. The number of ether oxygens (including phenoxy) is 2. The Labute approximate surface area is 152 Å². The first-order chi connectivity index (χ1) is 12.7. The Hall–Kier alpha value is -2.38. The van der Waals surface area contributed by atoms with E-state index in [1.54, 1.807) is 7.11 Å². The SMILES string of the molecule is COc1ccc(-c2ocnc2C(=O)N2CCOC3CCN(C)CC32)cc1. The number of nitrogens with zero attached hydrogens (tertiary/aromatic N) is 3. The van der Waals surface area contributed by atoms with E-state index in [4.69, 9.17) is 13.9 Å². The van der Waals surface area contributed by atoms with Crippen LogP contribution in [-0.4, -0.2) is 73.2 Å². The van der Waals surface area contributed by atoms with Gasteiger partial charge in [-0.2, -0.15) is 0 Å². The van der Waals surface area contributed by atoms with Crippen molar-refractivity contribution in [3.63, 3.8) is 0 Å². The molecular weight excluding hydrogens is 334 g/mol. The molecule has 26 heavy (non-hydrogen) atoms. The van der Waals surface area contributed by atoms with Gasteiger partial charge < -0.3 is 23.7 Å². The van der Waals surface area contributed by atoms with Crippen molar-refractivity contribution in [3.8, 4) is 17.1 Å². The van der Waals surface area contributed by atoms with Crippen molar-refractivity contribution in [2.24, 2.45) is 0 Å². The molecule has 3 heterocycles. The molecule has 2 aromatic rings. The Morgan fingerprint density at radius 1 is 1.27 bits per heavy atom. The number of oxazole rings is 1. The maximum absolute atomic E-state index is 13.2. The molecule has 2 unspecified atom stereocenters.